The monoisotopic (exact) mass is 377 g/mol. The van der Waals surface area contributed by atoms with Crippen LogP contribution in [0.2, 0.25) is 0 Å². The summed E-state index contributed by atoms with van der Waals surface area (Å²) >= 11 is 0. The minimum atomic E-state index is -0.849. The van der Waals surface area contributed by atoms with Gasteiger partial charge in [-0.2, -0.15) is 0 Å². The molecule has 3 rings (SSSR count). The Kier molecular flexibility index (Phi) is 6.25. The van der Waals surface area contributed by atoms with Crippen molar-refractivity contribution in [2.75, 3.05) is 50.0 Å². The molecule has 0 atom stereocenters. The van der Waals surface area contributed by atoms with Crippen LogP contribution in [0, 0.1) is 18.6 Å². The fourth-order valence-electron chi connectivity index (χ4n) is 2.71. The summed E-state index contributed by atoms with van der Waals surface area (Å²) in [6, 6.07) is 4.83. The fraction of sp³-hybridized carbons (Fsp3) is 0.389. The number of nitrogens with zero attached hydrogens (tertiary/aromatic N) is 3. The molecule has 27 heavy (non-hydrogen) atoms. The molecular weight excluding hydrogens is 356 g/mol. The highest BCUT2D eigenvalue weighted by Gasteiger charge is 2.16. The van der Waals surface area contributed by atoms with E-state index in [1.54, 1.807) is 6.92 Å². The third kappa shape index (κ3) is 5.18. The summed E-state index contributed by atoms with van der Waals surface area (Å²) in [6.07, 6.45) is 0. The Morgan fingerprint density at radius 3 is 2.63 bits per heavy atom. The Morgan fingerprint density at radius 1 is 1.22 bits per heavy atom. The van der Waals surface area contributed by atoms with Gasteiger partial charge in [0.2, 0.25) is 5.95 Å². The second kappa shape index (κ2) is 8.83. The van der Waals surface area contributed by atoms with Gasteiger partial charge in [-0.3, -0.25) is 9.69 Å². The lowest BCUT2D eigenvalue weighted by Gasteiger charge is -2.26. The van der Waals surface area contributed by atoms with E-state index in [-0.39, 0.29) is 5.69 Å². The summed E-state index contributed by atoms with van der Waals surface area (Å²) < 4.78 is 32.7. The van der Waals surface area contributed by atoms with Crippen molar-refractivity contribution < 1.29 is 18.3 Å². The SMILES string of the molecule is Cc1cc(C(=O)Nc2c(F)cccc2F)nc(NCCN2CCOCC2)n1. The van der Waals surface area contributed by atoms with Crippen molar-refractivity contribution in [2.45, 2.75) is 6.92 Å². The molecule has 144 valence electrons. The number of nitrogens with one attached hydrogen (secondary N) is 2. The second-order valence-electron chi connectivity index (χ2n) is 6.15. The molecule has 0 saturated carbocycles. The summed E-state index contributed by atoms with van der Waals surface area (Å²) in [4.78, 5) is 23.0. The number of rotatable bonds is 6. The van der Waals surface area contributed by atoms with E-state index < -0.39 is 23.2 Å². The van der Waals surface area contributed by atoms with Crippen molar-refractivity contribution >= 4 is 17.5 Å². The van der Waals surface area contributed by atoms with Crippen molar-refractivity contribution in [3.63, 3.8) is 0 Å². The number of ether oxygens (including phenoxy) is 1. The van der Waals surface area contributed by atoms with Crippen LogP contribution in [-0.4, -0.2) is 60.2 Å². The molecule has 1 fully saturated rings. The third-order valence-electron chi connectivity index (χ3n) is 4.10. The standard InChI is InChI=1S/C18H21F2N5O2/c1-12-11-15(17(26)24-16-13(19)3-2-4-14(16)20)23-18(22-12)21-5-6-25-7-9-27-10-8-25/h2-4,11H,5-10H2,1H3,(H,24,26)(H,21,22,23). The first-order chi connectivity index (χ1) is 13.0. The van der Waals surface area contributed by atoms with Crippen molar-refractivity contribution in [3.05, 3.63) is 47.3 Å². The number of morpholine rings is 1. The third-order valence-corrected chi connectivity index (χ3v) is 4.10. The van der Waals surface area contributed by atoms with Crippen LogP contribution in [-0.2, 0) is 4.74 Å². The van der Waals surface area contributed by atoms with E-state index in [2.05, 4.69) is 25.5 Å². The quantitative estimate of drug-likeness (QED) is 0.802. The zero-order valence-electron chi connectivity index (χ0n) is 15.0. The highest BCUT2D eigenvalue weighted by atomic mass is 19.1. The van der Waals surface area contributed by atoms with E-state index >= 15 is 0 Å². The summed E-state index contributed by atoms with van der Waals surface area (Å²) in [6.45, 7) is 6.30. The van der Waals surface area contributed by atoms with Crippen molar-refractivity contribution in [1.29, 1.82) is 0 Å². The molecule has 9 heteroatoms. The van der Waals surface area contributed by atoms with Gasteiger partial charge in [-0.05, 0) is 25.1 Å². The van der Waals surface area contributed by atoms with Crippen LogP contribution in [0.25, 0.3) is 0 Å². The fourth-order valence-corrected chi connectivity index (χ4v) is 2.71. The Labute approximate surface area is 155 Å². The maximum atomic E-state index is 13.7. The van der Waals surface area contributed by atoms with Gasteiger partial charge in [0.1, 0.15) is 23.0 Å². The molecule has 0 aliphatic carbocycles. The Morgan fingerprint density at radius 2 is 1.93 bits per heavy atom. The van der Waals surface area contributed by atoms with Crippen LogP contribution in [0.5, 0.6) is 0 Å². The summed E-state index contributed by atoms with van der Waals surface area (Å²) in [5.74, 6) is -2.11. The van der Waals surface area contributed by atoms with Crippen molar-refractivity contribution in [1.82, 2.24) is 14.9 Å². The normalized spacial score (nSPS) is 14.8. The van der Waals surface area contributed by atoms with Gasteiger partial charge in [-0.1, -0.05) is 6.07 Å². The maximum absolute atomic E-state index is 13.7. The molecule has 1 aromatic heterocycles. The first-order valence-electron chi connectivity index (χ1n) is 8.68. The smallest absolute Gasteiger partial charge is 0.274 e. The number of aryl methyl sites for hydroxylation is 1. The Balaban J connectivity index is 1.64. The molecule has 0 spiro atoms. The number of carbonyl (C=O) groups excluding carboxylic acids is 1. The second-order valence-corrected chi connectivity index (χ2v) is 6.15. The van der Waals surface area contributed by atoms with E-state index in [0.29, 0.717) is 18.2 Å². The number of aromatic nitrogens is 2. The highest BCUT2D eigenvalue weighted by molar-refractivity contribution is 6.03. The van der Waals surface area contributed by atoms with E-state index in [4.69, 9.17) is 4.74 Å². The first-order valence-corrected chi connectivity index (χ1v) is 8.68. The van der Waals surface area contributed by atoms with Crippen LogP contribution in [0.1, 0.15) is 16.2 Å². The van der Waals surface area contributed by atoms with Gasteiger partial charge >= 0.3 is 0 Å². The zero-order valence-corrected chi connectivity index (χ0v) is 15.0. The summed E-state index contributed by atoms with van der Waals surface area (Å²) in [7, 11) is 0. The lowest BCUT2D eigenvalue weighted by Crippen LogP contribution is -2.39. The molecule has 0 radical (unpaired) electrons. The molecule has 7 nitrogen and oxygen atoms in total. The lowest BCUT2D eigenvalue weighted by molar-refractivity contribution is 0.0398. The van der Waals surface area contributed by atoms with Gasteiger partial charge in [0.05, 0.1) is 13.2 Å². The minimum absolute atomic E-state index is 0.0269. The number of benzene rings is 1. The van der Waals surface area contributed by atoms with Gasteiger partial charge < -0.3 is 15.4 Å². The first kappa shape index (κ1) is 19.1. The van der Waals surface area contributed by atoms with Crippen LogP contribution in [0.15, 0.2) is 24.3 Å². The molecule has 0 bridgehead atoms. The molecule has 2 aromatic rings. The van der Waals surface area contributed by atoms with Gasteiger partial charge in [-0.25, -0.2) is 18.7 Å². The van der Waals surface area contributed by atoms with Gasteiger partial charge in [0.25, 0.3) is 5.91 Å². The lowest BCUT2D eigenvalue weighted by atomic mass is 10.2. The van der Waals surface area contributed by atoms with E-state index in [1.807, 2.05) is 0 Å². The maximum Gasteiger partial charge on any atom is 0.274 e. The Bertz CT molecular complexity index is 792. The van der Waals surface area contributed by atoms with Gasteiger partial charge in [-0.15, -0.1) is 0 Å². The average molecular weight is 377 g/mol. The van der Waals surface area contributed by atoms with E-state index in [0.717, 1.165) is 45.0 Å². The predicted octanol–water partition coefficient (Wildman–Crippen LogP) is 2.06. The van der Waals surface area contributed by atoms with Crippen LogP contribution in [0.4, 0.5) is 20.4 Å². The van der Waals surface area contributed by atoms with Crippen LogP contribution >= 0.6 is 0 Å². The molecule has 0 unspecified atom stereocenters. The van der Waals surface area contributed by atoms with E-state index in [9.17, 15) is 13.6 Å². The molecule has 1 aromatic carbocycles. The highest BCUT2D eigenvalue weighted by Crippen LogP contribution is 2.19. The predicted molar refractivity (Wildman–Crippen MR) is 96.8 cm³/mol. The van der Waals surface area contributed by atoms with Crippen molar-refractivity contribution in [3.8, 4) is 0 Å². The van der Waals surface area contributed by atoms with Crippen molar-refractivity contribution in [2.24, 2.45) is 0 Å². The summed E-state index contributed by atoms with van der Waals surface area (Å²) in [5.41, 5.74) is 0.0950. The number of anilines is 2. The van der Waals surface area contributed by atoms with Gasteiger partial charge in [0, 0.05) is 31.9 Å². The number of hydrogen-bond acceptors (Lipinski definition) is 6. The van der Waals surface area contributed by atoms with Gasteiger partial charge in [0.15, 0.2) is 0 Å². The molecule has 1 amide bonds. The zero-order chi connectivity index (χ0) is 19.2. The molecule has 2 heterocycles. The van der Waals surface area contributed by atoms with Crippen LogP contribution < -0.4 is 10.6 Å². The molecule has 1 saturated heterocycles. The average Bonchev–Trinajstić information content (AvgIpc) is 2.65. The number of para-hydroxylation sites is 1. The number of halogens is 2. The molecular formula is C18H21F2N5O2. The molecule has 1 aliphatic heterocycles. The minimum Gasteiger partial charge on any atom is -0.379 e. The topological polar surface area (TPSA) is 79.4 Å². The number of carbonyl (C=O) groups is 1. The van der Waals surface area contributed by atoms with Crippen LogP contribution in [0.3, 0.4) is 0 Å². The van der Waals surface area contributed by atoms with E-state index in [1.165, 1.54) is 12.1 Å². The summed E-state index contributed by atoms with van der Waals surface area (Å²) in [5, 5.41) is 5.31. The molecule has 1 aliphatic rings. The molecule has 2 N–H and O–H groups in total. The Hall–Kier alpha value is -2.65. The number of amides is 1. The number of hydrogen-bond donors (Lipinski definition) is 2. The largest absolute Gasteiger partial charge is 0.379 e.